The fourth-order valence-electron chi connectivity index (χ4n) is 1.06. The monoisotopic (exact) mass is 298 g/mol. The zero-order chi connectivity index (χ0) is 12.4. The number of phenolic OH excluding ortho intramolecular Hbond substituents is 2. The van der Waals surface area contributed by atoms with Crippen LogP contribution in [0.1, 0.15) is 5.56 Å². The third kappa shape index (κ3) is 2.33. The fourth-order valence-corrected chi connectivity index (χ4v) is 1.42. The number of rotatable bonds is 2. The van der Waals surface area contributed by atoms with Gasteiger partial charge in [0.05, 0.1) is 10.7 Å². The Kier molecular flexibility index (Phi) is 2.91. The molecule has 4 N–H and O–H groups in total. The van der Waals surface area contributed by atoms with Crippen molar-refractivity contribution in [3.05, 3.63) is 22.2 Å². The molecule has 0 bridgehead atoms. The summed E-state index contributed by atoms with van der Waals surface area (Å²) in [6.45, 7) is 0. The number of aromatic nitrogens is 4. The zero-order valence-electron chi connectivity index (χ0n) is 8.32. The van der Waals surface area contributed by atoms with Gasteiger partial charge in [-0.2, -0.15) is 5.10 Å². The number of tetrazole rings is 1. The molecule has 0 amide bonds. The molecular weight excluding hydrogens is 292 g/mol. The number of phenols is 2. The second-order valence-corrected chi connectivity index (χ2v) is 3.89. The minimum Gasteiger partial charge on any atom is -0.507 e. The Morgan fingerprint density at radius 1 is 1.35 bits per heavy atom. The summed E-state index contributed by atoms with van der Waals surface area (Å²) in [5.74, 6) is -0.165. The van der Waals surface area contributed by atoms with Crippen molar-refractivity contribution in [1.82, 2.24) is 20.3 Å². The standard InChI is InChI=1S/C8H7BrN6O2/c9-5-1-4(6(16)2-7(5)17)3-11-15-8(10)12-13-14-15/h1-3,16-17H,(H2,10,12,14)/b11-3+. The number of nitrogens with zero attached hydrogens (tertiary/aromatic N) is 5. The van der Waals surface area contributed by atoms with Crippen LogP contribution in [0.25, 0.3) is 0 Å². The van der Waals surface area contributed by atoms with Gasteiger partial charge in [0.15, 0.2) is 0 Å². The summed E-state index contributed by atoms with van der Waals surface area (Å²) in [7, 11) is 0. The number of aromatic hydroxyl groups is 2. The van der Waals surface area contributed by atoms with E-state index in [0.29, 0.717) is 10.0 Å². The smallest absolute Gasteiger partial charge is 0.263 e. The van der Waals surface area contributed by atoms with Gasteiger partial charge in [0.1, 0.15) is 11.5 Å². The van der Waals surface area contributed by atoms with Gasteiger partial charge in [-0.25, -0.2) is 0 Å². The quantitative estimate of drug-likeness (QED) is 0.686. The molecule has 0 fully saturated rings. The van der Waals surface area contributed by atoms with Gasteiger partial charge in [-0.05, 0) is 32.4 Å². The maximum Gasteiger partial charge on any atom is 0.263 e. The van der Waals surface area contributed by atoms with Crippen LogP contribution in [-0.4, -0.2) is 36.7 Å². The van der Waals surface area contributed by atoms with Gasteiger partial charge in [-0.1, -0.05) is 9.89 Å². The Bertz CT molecular complexity index is 581. The molecule has 0 spiro atoms. The van der Waals surface area contributed by atoms with E-state index >= 15 is 0 Å². The molecule has 9 heteroatoms. The molecule has 0 aliphatic rings. The maximum absolute atomic E-state index is 9.55. The number of nitrogen functional groups attached to an aromatic ring is 1. The van der Waals surface area contributed by atoms with Crippen LogP contribution < -0.4 is 5.73 Å². The first kappa shape index (κ1) is 11.3. The fraction of sp³-hybridized carbons (Fsp3) is 0. The molecule has 88 valence electrons. The first-order valence-electron chi connectivity index (χ1n) is 4.37. The molecule has 0 unspecified atom stereocenters. The lowest BCUT2D eigenvalue weighted by atomic mass is 10.2. The number of hydrogen-bond donors (Lipinski definition) is 3. The SMILES string of the molecule is Nc1nnnn1/N=C/c1cc(Br)c(O)cc1O. The van der Waals surface area contributed by atoms with Crippen molar-refractivity contribution in [2.75, 3.05) is 5.73 Å². The number of benzene rings is 1. The summed E-state index contributed by atoms with van der Waals surface area (Å²) in [5.41, 5.74) is 5.78. The van der Waals surface area contributed by atoms with Crippen molar-refractivity contribution in [1.29, 1.82) is 0 Å². The van der Waals surface area contributed by atoms with Crippen molar-refractivity contribution in [3.63, 3.8) is 0 Å². The zero-order valence-corrected chi connectivity index (χ0v) is 9.90. The van der Waals surface area contributed by atoms with Crippen LogP contribution in [0.5, 0.6) is 11.5 Å². The van der Waals surface area contributed by atoms with Crippen LogP contribution in [-0.2, 0) is 0 Å². The highest BCUT2D eigenvalue weighted by Crippen LogP contribution is 2.30. The van der Waals surface area contributed by atoms with E-state index in [1.807, 2.05) is 0 Å². The lowest BCUT2D eigenvalue weighted by Gasteiger charge is -2.01. The largest absolute Gasteiger partial charge is 0.507 e. The predicted molar refractivity (Wildman–Crippen MR) is 62.7 cm³/mol. The van der Waals surface area contributed by atoms with Crippen molar-refractivity contribution in [3.8, 4) is 11.5 Å². The first-order chi connectivity index (χ1) is 8.08. The highest BCUT2D eigenvalue weighted by Gasteiger charge is 2.05. The Morgan fingerprint density at radius 2 is 2.12 bits per heavy atom. The van der Waals surface area contributed by atoms with Crippen molar-refractivity contribution >= 4 is 28.1 Å². The molecule has 1 aromatic carbocycles. The Morgan fingerprint density at radius 3 is 2.76 bits per heavy atom. The molecule has 2 aromatic rings. The van der Waals surface area contributed by atoms with E-state index in [9.17, 15) is 10.2 Å². The van der Waals surface area contributed by atoms with Gasteiger partial charge < -0.3 is 15.9 Å². The number of anilines is 1. The lowest BCUT2D eigenvalue weighted by molar-refractivity contribution is 0.448. The van der Waals surface area contributed by atoms with Crippen molar-refractivity contribution in [2.24, 2.45) is 5.10 Å². The van der Waals surface area contributed by atoms with Crippen molar-refractivity contribution < 1.29 is 10.2 Å². The van der Waals surface area contributed by atoms with Gasteiger partial charge in [0, 0.05) is 11.6 Å². The number of nitrogens with two attached hydrogens (primary N) is 1. The van der Waals surface area contributed by atoms with Crippen LogP contribution in [0.2, 0.25) is 0 Å². The number of hydrogen-bond acceptors (Lipinski definition) is 7. The minimum absolute atomic E-state index is 0.0265. The summed E-state index contributed by atoms with van der Waals surface area (Å²) < 4.78 is 0.432. The molecule has 0 saturated heterocycles. The van der Waals surface area contributed by atoms with E-state index in [2.05, 4.69) is 36.6 Å². The molecule has 2 rings (SSSR count). The maximum atomic E-state index is 9.55. The normalized spacial score (nSPS) is 11.1. The Balaban J connectivity index is 2.34. The third-order valence-electron chi connectivity index (χ3n) is 1.88. The Hall–Kier alpha value is -2.16. The molecule has 1 aromatic heterocycles. The summed E-state index contributed by atoms with van der Waals surface area (Å²) in [6.07, 6.45) is 1.31. The van der Waals surface area contributed by atoms with Crippen LogP contribution in [0.15, 0.2) is 21.7 Å². The predicted octanol–water partition coefficient (Wildman–Crippen LogP) is 0.311. The Labute approximate surface area is 103 Å². The highest BCUT2D eigenvalue weighted by atomic mass is 79.9. The summed E-state index contributed by atoms with van der Waals surface area (Å²) in [6, 6.07) is 2.68. The summed E-state index contributed by atoms with van der Waals surface area (Å²) >= 11 is 3.12. The molecule has 0 saturated carbocycles. The van der Waals surface area contributed by atoms with Crippen LogP contribution >= 0.6 is 15.9 Å². The topological polar surface area (TPSA) is 122 Å². The second-order valence-electron chi connectivity index (χ2n) is 3.03. The molecule has 1 heterocycles. The molecule has 0 aliphatic carbocycles. The molecule has 17 heavy (non-hydrogen) atoms. The van der Waals surface area contributed by atoms with E-state index in [4.69, 9.17) is 5.73 Å². The molecule has 0 aliphatic heterocycles. The van der Waals surface area contributed by atoms with E-state index in [0.717, 1.165) is 4.79 Å². The third-order valence-corrected chi connectivity index (χ3v) is 2.51. The average molecular weight is 299 g/mol. The van der Waals surface area contributed by atoms with Crippen LogP contribution in [0, 0.1) is 0 Å². The molecule has 0 radical (unpaired) electrons. The average Bonchev–Trinajstić information content (AvgIpc) is 2.68. The summed E-state index contributed by atoms with van der Waals surface area (Å²) in [5, 5.41) is 32.9. The second kappa shape index (κ2) is 4.37. The van der Waals surface area contributed by atoms with Gasteiger partial charge in [-0.3, -0.25) is 0 Å². The minimum atomic E-state index is -0.124. The van der Waals surface area contributed by atoms with Gasteiger partial charge in [-0.15, -0.1) is 0 Å². The van der Waals surface area contributed by atoms with E-state index in [1.165, 1.54) is 18.3 Å². The van der Waals surface area contributed by atoms with Crippen molar-refractivity contribution in [2.45, 2.75) is 0 Å². The van der Waals surface area contributed by atoms with Crippen LogP contribution in [0.3, 0.4) is 0 Å². The van der Waals surface area contributed by atoms with Gasteiger partial charge in [0.2, 0.25) is 0 Å². The van der Waals surface area contributed by atoms with Gasteiger partial charge >= 0.3 is 0 Å². The first-order valence-corrected chi connectivity index (χ1v) is 5.17. The van der Waals surface area contributed by atoms with E-state index in [-0.39, 0.29) is 17.4 Å². The summed E-state index contributed by atoms with van der Waals surface area (Å²) in [4.78, 5) is 1.00. The lowest BCUT2D eigenvalue weighted by Crippen LogP contribution is -1.99. The van der Waals surface area contributed by atoms with Crippen LogP contribution in [0.4, 0.5) is 5.95 Å². The molecule has 0 atom stereocenters. The van der Waals surface area contributed by atoms with Gasteiger partial charge in [0.25, 0.3) is 5.95 Å². The number of halogens is 1. The van der Waals surface area contributed by atoms with E-state index < -0.39 is 0 Å². The molecule has 8 nitrogen and oxygen atoms in total. The molecular formula is C8H7BrN6O2. The highest BCUT2D eigenvalue weighted by molar-refractivity contribution is 9.10. The van der Waals surface area contributed by atoms with E-state index in [1.54, 1.807) is 0 Å².